The summed E-state index contributed by atoms with van der Waals surface area (Å²) in [4.78, 5) is 14.0. The molecule has 0 aliphatic carbocycles. The van der Waals surface area contributed by atoms with E-state index < -0.39 is 16.1 Å². The lowest BCUT2D eigenvalue weighted by Gasteiger charge is -2.14. The van der Waals surface area contributed by atoms with Gasteiger partial charge in [0.1, 0.15) is 0 Å². The fraction of sp³-hybridized carbons (Fsp3) is 0.300. The Morgan fingerprint density at radius 1 is 1.06 bits per heavy atom. The highest BCUT2D eigenvalue weighted by Crippen LogP contribution is 2.20. The maximum atomic E-state index is 12.8. The number of nitrogens with zero attached hydrogens (tertiary/aromatic N) is 4. The van der Waals surface area contributed by atoms with Crippen molar-refractivity contribution in [3.8, 4) is 11.4 Å². The van der Waals surface area contributed by atoms with Crippen molar-refractivity contribution in [3.63, 3.8) is 0 Å². The topological polar surface area (TPSA) is 119 Å². The molecule has 1 amide bonds. The highest BCUT2D eigenvalue weighted by atomic mass is 35.5. The predicted molar refractivity (Wildman–Crippen MR) is 120 cm³/mol. The van der Waals surface area contributed by atoms with E-state index in [1.165, 1.54) is 4.80 Å². The smallest absolute Gasteiger partial charge is 0.251 e. The van der Waals surface area contributed by atoms with E-state index in [-0.39, 0.29) is 11.7 Å². The molecule has 0 aliphatic rings. The second-order valence-corrected chi connectivity index (χ2v) is 9.13. The van der Waals surface area contributed by atoms with E-state index >= 15 is 0 Å². The maximum Gasteiger partial charge on any atom is 0.251 e. The van der Waals surface area contributed by atoms with Crippen LogP contribution in [0.1, 0.15) is 32.7 Å². The average molecular weight is 463 g/mol. The minimum Gasteiger partial charge on any atom is -0.324 e. The molecule has 0 aliphatic heterocycles. The third kappa shape index (κ3) is 6.02. The molecule has 31 heavy (non-hydrogen) atoms. The van der Waals surface area contributed by atoms with Gasteiger partial charge in [0.25, 0.3) is 5.91 Å². The molecule has 2 N–H and O–H groups in total. The summed E-state index contributed by atoms with van der Waals surface area (Å²) in [7, 11) is -3.37. The number of tetrazole rings is 1. The summed E-state index contributed by atoms with van der Waals surface area (Å²) in [5.41, 5.74) is 1.70. The van der Waals surface area contributed by atoms with Crippen molar-refractivity contribution >= 4 is 38.9 Å². The Bertz CT molecular complexity index is 1130. The van der Waals surface area contributed by atoms with Crippen LogP contribution in [0.15, 0.2) is 48.5 Å². The lowest BCUT2D eigenvalue weighted by molar-refractivity contribution is -0.119. The fourth-order valence-electron chi connectivity index (χ4n) is 2.87. The molecule has 1 unspecified atom stereocenters. The Morgan fingerprint density at radius 3 is 2.32 bits per heavy atom. The van der Waals surface area contributed by atoms with Crippen LogP contribution in [-0.2, 0) is 14.8 Å². The van der Waals surface area contributed by atoms with E-state index in [1.807, 2.05) is 6.92 Å². The van der Waals surface area contributed by atoms with Gasteiger partial charge in [-0.15, -0.1) is 10.2 Å². The molecule has 0 fully saturated rings. The molecule has 1 heterocycles. The number of hydrogen-bond donors (Lipinski definition) is 2. The summed E-state index contributed by atoms with van der Waals surface area (Å²) in [5, 5.41) is 15.8. The molecule has 0 saturated heterocycles. The number of amides is 1. The first-order valence-corrected chi connectivity index (χ1v) is 11.8. The number of anilines is 2. The number of hydrogen-bond acceptors (Lipinski definition) is 6. The molecule has 0 radical (unpaired) electrons. The second kappa shape index (κ2) is 9.88. The molecule has 0 saturated carbocycles. The SMILES string of the molecule is CCCS(=O)(=O)Nc1ccc(NC(=O)C(CC)n2nnc(-c3ccc(Cl)cc3)n2)cc1. The molecule has 1 atom stereocenters. The van der Waals surface area contributed by atoms with Crippen molar-refractivity contribution in [2.45, 2.75) is 32.7 Å². The van der Waals surface area contributed by atoms with Gasteiger partial charge in [0.05, 0.1) is 5.75 Å². The van der Waals surface area contributed by atoms with Crippen LogP contribution in [0.4, 0.5) is 11.4 Å². The molecule has 3 aromatic rings. The molecular formula is C20H23ClN6O3S. The molecule has 2 aromatic carbocycles. The Balaban J connectivity index is 1.68. The number of sulfonamides is 1. The average Bonchev–Trinajstić information content (AvgIpc) is 3.20. The molecule has 9 nitrogen and oxygen atoms in total. The summed E-state index contributed by atoms with van der Waals surface area (Å²) in [6, 6.07) is 12.8. The van der Waals surface area contributed by atoms with Crippen molar-refractivity contribution in [2.24, 2.45) is 0 Å². The van der Waals surface area contributed by atoms with Crippen LogP contribution in [0, 0.1) is 0 Å². The van der Waals surface area contributed by atoms with Gasteiger partial charge in [-0.1, -0.05) is 25.4 Å². The van der Waals surface area contributed by atoms with Crippen molar-refractivity contribution in [3.05, 3.63) is 53.6 Å². The predicted octanol–water partition coefficient (Wildman–Crippen LogP) is 3.74. The number of aromatic nitrogens is 4. The van der Waals surface area contributed by atoms with E-state index in [4.69, 9.17) is 11.6 Å². The van der Waals surface area contributed by atoms with Gasteiger partial charge < -0.3 is 5.32 Å². The highest BCUT2D eigenvalue weighted by Gasteiger charge is 2.22. The monoisotopic (exact) mass is 462 g/mol. The van der Waals surface area contributed by atoms with E-state index in [9.17, 15) is 13.2 Å². The molecule has 11 heteroatoms. The standard InChI is InChI=1S/C20H23ClN6O3S/c1-3-13-31(29,30)25-17-11-9-16(10-12-17)22-20(28)18(4-2)27-24-19(23-26-27)14-5-7-15(21)8-6-14/h5-12,18,25H,3-4,13H2,1-2H3,(H,22,28). The summed E-state index contributed by atoms with van der Waals surface area (Å²) in [5.74, 6) is 0.139. The van der Waals surface area contributed by atoms with Crippen molar-refractivity contribution in [2.75, 3.05) is 15.8 Å². The van der Waals surface area contributed by atoms with E-state index in [1.54, 1.807) is 55.5 Å². The van der Waals surface area contributed by atoms with Crippen LogP contribution in [0.25, 0.3) is 11.4 Å². The first-order valence-electron chi connectivity index (χ1n) is 9.78. The van der Waals surface area contributed by atoms with Gasteiger partial charge in [-0.2, -0.15) is 4.80 Å². The molecule has 164 valence electrons. The van der Waals surface area contributed by atoms with Gasteiger partial charge in [-0.3, -0.25) is 9.52 Å². The number of rotatable bonds is 9. The normalized spacial score (nSPS) is 12.4. The Morgan fingerprint density at radius 2 is 1.71 bits per heavy atom. The third-order valence-corrected chi connectivity index (χ3v) is 6.14. The van der Waals surface area contributed by atoms with Crippen LogP contribution in [-0.4, -0.2) is 40.3 Å². The number of carbonyl (C=O) groups is 1. The number of carbonyl (C=O) groups excluding carboxylic acids is 1. The largest absolute Gasteiger partial charge is 0.324 e. The summed E-state index contributed by atoms with van der Waals surface area (Å²) >= 11 is 5.90. The molecule has 0 spiro atoms. The van der Waals surface area contributed by atoms with Crippen LogP contribution in [0.5, 0.6) is 0 Å². The number of nitrogens with one attached hydrogen (secondary N) is 2. The molecular weight excluding hydrogens is 440 g/mol. The zero-order valence-corrected chi connectivity index (χ0v) is 18.7. The van der Waals surface area contributed by atoms with E-state index in [0.29, 0.717) is 35.1 Å². The Hall–Kier alpha value is -2.98. The minimum absolute atomic E-state index is 0.0482. The van der Waals surface area contributed by atoms with E-state index in [0.717, 1.165) is 5.56 Å². The minimum atomic E-state index is -3.37. The van der Waals surface area contributed by atoms with Crippen molar-refractivity contribution in [1.29, 1.82) is 0 Å². The fourth-order valence-corrected chi connectivity index (χ4v) is 4.13. The second-order valence-electron chi connectivity index (χ2n) is 6.85. The van der Waals surface area contributed by atoms with Crippen LogP contribution in [0.2, 0.25) is 5.02 Å². The van der Waals surface area contributed by atoms with Gasteiger partial charge in [0, 0.05) is 22.0 Å². The van der Waals surface area contributed by atoms with Crippen molar-refractivity contribution < 1.29 is 13.2 Å². The number of benzene rings is 2. The van der Waals surface area contributed by atoms with Gasteiger partial charge in [-0.05, 0) is 66.6 Å². The Labute approximate surface area is 185 Å². The zero-order valence-electron chi connectivity index (χ0n) is 17.1. The number of halogens is 1. The van der Waals surface area contributed by atoms with Crippen molar-refractivity contribution in [1.82, 2.24) is 20.2 Å². The van der Waals surface area contributed by atoms with Gasteiger partial charge in [0.2, 0.25) is 15.8 Å². The van der Waals surface area contributed by atoms with E-state index in [2.05, 4.69) is 25.4 Å². The first kappa shape index (κ1) is 22.7. The van der Waals surface area contributed by atoms with Gasteiger partial charge in [0.15, 0.2) is 6.04 Å². The quantitative estimate of drug-likeness (QED) is 0.500. The maximum absolute atomic E-state index is 12.8. The van der Waals surface area contributed by atoms with Gasteiger partial charge in [-0.25, -0.2) is 8.42 Å². The van der Waals surface area contributed by atoms with Gasteiger partial charge >= 0.3 is 0 Å². The van der Waals surface area contributed by atoms with Crippen LogP contribution >= 0.6 is 11.6 Å². The third-order valence-electron chi connectivity index (χ3n) is 4.40. The molecule has 0 bridgehead atoms. The molecule has 1 aromatic heterocycles. The summed E-state index contributed by atoms with van der Waals surface area (Å²) in [6.07, 6.45) is 0.981. The van der Waals surface area contributed by atoms with Crippen LogP contribution in [0.3, 0.4) is 0 Å². The lowest BCUT2D eigenvalue weighted by Crippen LogP contribution is -2.27. The lowest BCUT2D eigenvalue weighted by atomic mass is 10.2. The molecule has 3 rings (SSSR count). The highest BCUT2D eigenvalue weighted by molar-refractivity contribution is 7.92. The zero-order chi connectivity index (χ0) is 22.4. The van der Waals surface area contributed by atoms with Crippen LogP contribution < -0.4 is 10.0 Å². The summed E-state index contributed by atoms with van der Waals surface area (Å²) < 4.78 is 26.2. The summed E-state index contributed by atoms with van der Waals surface area (Å²) in [6.45, 7) is 3.64. The Kier molecular flexibility index (Phi) is 7.24. The first-order chi connectivity index (χ1) is 14.8.